The van der Waals surface area contributed by atoms with Gasteiger partial charge in [0.25, 0.3) is 0 Å². The molecule has 0 fully saturated rings. The second-order valence-corrected chi connectivity index (χ2v) is 3.26. The van der Waals surface area contributed by atoms with Crippen molar-refractivity contribution in [3.05, 3.63) is 12.3 Å². The zero-order chi connectivity index (χ0) is 9.07. The van der Waals surface area contributed by atoms with Gasteiger partial charge in [-0.15, -0.1) is 0 Å². The van der Waals surface area contributed by atoms with Crippen LogP contribution in [0.2, 0.25) is 0 Å². The summed E-state index contributed by atoms with van der Waals surface area (Å²) < 4.78 is 1.18. The molecule has 0 aromatic carbocycles. The Kier molecular flexibility index (Phi) is 2.92. The van der Waals surface area contributed by atoms with E-state index in [4.69, 9.17) is 11.3 Å². The third kappa shape index (κ3) is 4.25. The van der Waals surface area contributed by atoms with Gasteiger partial charge >= 0.3 is 0 Å². The average molecular weight is 156 g/mol. The molecule has 11 heavy (non-hydrogen) atoms. The lowest BCUT2D eigenvalue weighted by Crippen LogP contribution is -2.26. The first kappa shape index (κ1) is 9.81. The summed E-state index contributed by atoms with van der Waals surface area (Å²) in [5.41, 5.74) is 11.9. The summed E-state index contributed by atoms with van der Waals surface area (Å²) in [7, 11) is 0. The van der Waals surface area contributed by atoms with Crippen molar-refractivity contribution in [2.45, 2.75) is 26.3 Å². The van der Waals surface area contributed by atoms with Crippen molar-refractivity contribution in [1.82, 2.24) is 0 Å². The zero-order valence-corrected chi connectivity index (χ0v) is 7.09. The van der Waals surface area contributed by atoms with Crippen LogP contribution in [0.4, 0.5) is 0 Å². The van der Waals surface area contributed by atoms with Crippen LogP contribution >= 0.6 is 0 Å². The van der Waals surface area contributed by atoms with E-state index in [0.717, 1.165) is 6.08 Å². The highest BCUT2D eigenvalue weighted by Gasteiger charge is 2.22. The minimum absolute atomic E-state index is 0.300. The fraction of sp³-hybridized carbons (Fsp3) is 0.571. The predicted molar refractivity (Wildman–Crippen MR) is 41.1 cm³/mol. The number of amides is 1. The van der Waals surface area contributed by atoms with Crippen LogP contribution in [0, 0.1) is 5.53 Å². The summed E-state index contributed by atoms with van der Waals surface area (Å²) in [6.45, 7) is 5.60. The fourth-order valence-corrected chi connectivity index (χ4v) is 0.372. The number of rotatable bonds is 2. The highest BCUT2D eigenvalue weighted by molar-refractivity contribution is 5.85. The number of nitrogens with one attached hydrogen (secondary N) is 1. The van der Waals surface area contributed by atoms with E-state index in [1.165, 1.54) is 10.9 Å². The van der Waals surface area contributed by atoms with Crippen LogP contribution in [0.15, 0.2) is 12.3 Å². The third-order valence-electron chi connectivity index (χ3n) is 1.11. The van der Waals surface area contributed by atoms with Crippen molar-refractivity contribution in [1.29, 1.82) is 5.53 Å². The molecule has 0 aromatic rings. The van der Waals surface area contributed by atoms with E-state index in [-0.39, 0.29) is 5.54 Å². The number of nitrogens with two attached hydrogens (primary N) is 1. The summed E-state index contributed by atoms with van der Waals surface area (Å²) in [6.07, 6.45) is 2.51. The van der Waals surface area contributed by atoms with Gasteiger partial charge in [0.1, 0.15) is 0 Å². The Balaban J connectivity index is 4.20. The maximum atomic E-state index is 10.3. The molecule has 0 aliphatic rings. The minimum atomic E-state index is -0.536. The number of carbonyl (C=O) groups excluding carboxylic acids is 1. The number of carbonyl (C=O) groups is 1. The smallest absolute Gasteiger partial charge is 0.247 e. The summed E-state index contributed by atoms with van der Waals surface area (Å²) in [6, 6.07) is 0. The lowest BCUT2D eigenvalue weighted by atomic mass is 10.1. The van der Waals surface area contributed by atoms with Gasteiger partial charge in [0.05, 0.1) is 6.08 Å². The van der Waals surface area contributed by atoms with Crippen molar-refractivity contribution in [3.8, 4) is 0 Å². The van der Waals surface area contributed by atoms with E-state index in [9.17, 15) is 4.79 Å². The first-order valence-electron chi connectivity index (χ1n) is 3.32. The lowest BCUT2D eigenvalue weighted by molar-refractivity contribution is -0.618. The molecule has 0 aromatic heterocycles. The third-order valence-corrected chi connectivity index (χ3v) is 1.11. The minimum Gasteiger partial charge on any atom is -0.366 e. The predicted octanol–water partition coefficient (Wildman–Crippen LogP) is 0.827. The van der Waals surface area contributed by atoms with Gasteiger partial charge < -0.3 is 5.73 Å². The van der Waals surface area contributed by atoms with E-state index < -0.39 is 5.91 Å². The maximum Gasteiger partial charge on any atom is 0.247 e. The first-order chi connectivity index (χ1) is 4.84. The molecule has 0 heterocycles. The van der Waals surface area contributed by atoms with Crippen LogP contribution in [0.3, 0.4) is 0 Å². The van der Waals surface area contributed by atoms with Crippen LogP contribution < -0.4 is 5.73 Å². The summed E-state index contributed by atoms with van der Waals surface area (Å²) in [4.78, 5) is 10.3. The molecule has 0 spiro atoms. The standard InChI is InChI=1S/C7H13N3O/c1-7(2,3)10(9)5-4-6(8)11/h4-5,9H,1-3H3,(H-,8,11)/p+1/b5-4+,10-9?. The van der Waals surface area contributed by atoms with Gasteiger partial charge in [-0.25, -0.2) is 0 Å². The number of hydrogen-bond donors (Lipinski definition) is 2. The summed E-state index contributed by atoms with van der Waals surface area (Å²) in [5, 5.41) is 0. The fourth-order valence-electron chi connectivity index (χ4n) is 0.372. The van der Waals surface area contributed by atoms with Crippen molar-refractivity contribution < 1.29 is 9.49 Å². The van der Waals surface area contributed by atoms with E-state index >= 15 is 0 Å². The Morgan fingerprint density at radius 3 is 2.27 bits per heavy atom. The van der Waals surface area contributed by atoms with E-state index in [1.807, 2.05) is 20.8 Å². The van der Waals surface area contributed by atoms with Gasteiger partial charge in [-0.05, 0) is 0 Å². The normalized spacial score (nSPS) is 11.9. The summed E-state index contributed by atoms with van der Waals surface area (Å²) >= 11 is 0. The first-order valence-corrected chi connectivity index (χ1v) is 3.32. The molecule has 4 nitrogen and oxygen atoms in total. The molecule has 0 unspecified atom stereocenters. The molecule has 0 rings (SSSR count). The highest BCUT2D eigenvalue weighted by atomic mass is 16.1. The monoisotopic (exact) mass is 156 g/mol. The average Bonchev–Trinajstić information content (AvgIpc) is 1.80. The molecule has 62 valence electrons. The highest BCUT2D eigenvalue weighted by Crippen LogP contribution is 2.05. The topological polar surface area (TPSA) is 69.9 Å². The second kappa shape index (κ2) is 3.27. The van der Waals surface area contributed by atoms with Crippen LogP contribution in [0.25, 0.3) is 0 Å². The van der Waals surface area contributed by atoms with E-state index in [1.54, 1.807) is 0 Å². The Hall–Kier alpha value is -1.19. The molecule has 0 saturated carbocycles. The SMILES string of the molecule is CC(C)(C)[N+](=N)/C=C/C(N)=O. The van der Waals surface area contributed by atoms with Gasteiger partial charge in [-0.3, -0.25) is 4.79 Å². The van der Waals surface area contributed by atoms with Crippen LogP contribution in [-0.4, -0.2) is 16.1 Å². The second-order valence-electron chi connectivity index (χ2n) is 3.26. The molecule has 0 radical (unpaired) electrons. The molecule has 1 amide bonds. The molecular weight excluding hydrogens is 142 g/mol. The van der Waals surface area contributed by atoms with Crippen molar-refractivity contribution >= 4 is 5.91 Å². The molecule has 0 aliphatic heterocycles. The molecule has 3 N–H and O–H groups in total. The quantitative estimate of drug-likeness (QED) is 0.347. The largest absolute Gasteiger partial charge is 0.366 e. The van der Waals surface area contributed by atoms with Crippen molar-refractivity contribution in [2.24, 2.45) is 5.73 Å². The van der Waals surface area contributed by atoms with Gasteiger partial charge in [0.15, 0.2) is 5.54 Å². The van der Waals surface area contributed by atoms with Gasteiger partial charge in [-0.1, -0.05) is 10.2 Å². The Morgan fingerprint density at radius 2 is 2.00 bits per heavy atom. The molecule has 0 saturated heterocycles. The Bertz CT molecular complexity index is 200. The maximum absolute atomic E-state index is 10.3. The van der Waals surface area contributed by atoms with Crippen LogP contribution in [0.5, 0.6) is 0 Å². The molecule has 0 atom stereocenters. The molecule has 0 bridgehead atoms. The van der Waals surface area contributed by atoms with E-state index in [0.29, 0.717) is 0 Å². The number of nitrogens with zero attached hydrogens (tertiary/aromatic N) is 1. The zero-order valence-electron chi connectivity index (χ0n) is 7.09. The Morgan fingerprint density at radius 1 is 1.55 bits per heavy atom. The van der Waals surface area contributed by atoms with Crippen molar-refractivity contribution in [2.75, 3.05) is 0 Å². The van der Waals surface area contributed by atoms with Gasteiger partial charge in [0.2, 0.25) is 12.1 Å². The molecule has 4 heteroatoms. The Labute approximate surface area is 66.2 Å². The van der Waals surface area contributed by atoms with Gasteiger partial charge in [-0.2, -0.15) is 0 Å². The summed E-state index contributed by atoms with van der Waals surface area (Å²) in [5.74, 6) is -0.536. The van der Waals surface area contributed by atoms with Crippen LogP contribution in [-0.2, 0) is 4.79 Å². The molecule has 0 aliphatic carbocycles. The van der Waals surface area contributed by atoms with Crippen LogP contribution in [0.1, 0.15) is 20.8 Å². The van der Waals surface area contributed by atoms with Gasteiger partial charge in [0, 0.05) is 20.8 Å². The number of hydrogen-bond acceptors (Lipinski definition) is 2. The lowest BCUT2D eigenvalue weighted by Gasteiger charge is -2.08. The molecular formula is C7H14N3O+. The van der Waals surface area contributed by atoms with E-state index in [2.05, 4.69) is 0 Å². The van der Waals surface area contributed by atoms with Crippen molar-refractivity contribution in [3.63, 3.8) is 0 Å². The number of primary amides is 1.